The molecule has 0 unspecified atom stereocenters. The highest BCUT2D eigenvalue weighted by molar-refractivity contribution is 9.10. The van der Waals surface area contributed by atoms with Crippen molar-refractivity contribution in [2.75, 3.05) is 11.9 Å². The van der Waals surface area contributed by atoms with Crippen molar-refractivity contribution in [3.8, 4) is 0 Å². The van der Waals surface area contributed by atoms with Crippen LogP contribution in [0.2, 0.25) is 10.0 Å². The zero-order valence-corrected chi connectivity index (χ0v) is 13.1. The van der Waals surface area contributed by atoms with Crippen molar-refractivity contribution in [1.29, 1.82) is 0 Å². The fourth-order valence-corrected chi connectivity index (χ4v) is 2.66. The molecule has 0 spiro atoms. The van der Waals surface area contributed by atoms with Crippen molar-refractivity contribution < 1.29 is 19.8 Å². The molecule has 0 aliphatic carbocycles. The number of urea groups is 1. The molecule has 110 valence electrons. The molecule has 0 heterocycles. The second-order valence-electron chi connectivity index (χ2n) is 3.75. The van der Waals surface area contributed by atoms with Crippen LogP contribution in [0.1, 0.15) is 6.42 Å². The smallest absolute Gasteiger partial charge is 0.326 e. The fourth-order valence-electron chi connectivity index (χ4n) is 1.36. The van der Waals surface area contributed by atoms with Crippen LogP contribution in [0.15, 0.2) is 16.6 Å². The number of aliphatic hydroxyl groups is 1. The molecule has 0 saturated heterocycles. The van der Waals surface area contributed by atoms with Gasteiger partial charge in [-0.1, -0.05) is 39.1 Å². The van der Waals surface area contributed by atoms with Crippen molar-refractivity contribution in [3.05, 3.63) is 26.7 Å². The monoisotopic (exact) mass is 384 g/mol. The molecule has 1 aromatic carbocycles. The minimum absolute atomic E-state index is 0.107. The Morgan fingerprint density at radius 2 is 1.85 bits per heavy atom. The topological polar surface area (TPSA) is 98.7 Å². The number of anilines is 1. The van der Waals surface area contributed by atoms with E-state index in [2.05, 4.69) is 26.6 Å². The highest BCUT2D eigenvalue weighted by atomic mass is 79.9. The first kappa shape index (κ1) is 17.0. The molecule has 1 aromatic rings. The number of nitrogens with one attached hydrogen (secondary N) is 2. The molecule has 0 aliphatic heterocycles. The molecule has 0 radical (unpaired) electrons. The summed E-state index contributed by atoms with van der Waals surface area (Å²) in [7, 11) is 0. The third-order valence-corrected chi connectivity index (χ3v) is 3.32. The maximum absolute atomic E-state index is 11.7. The van der Waals surface area contributed by atoms with Gasteiger partial charge in [-0.15, -0.1) is 0 Å². The molecule has 2 amide bonds. The summed E-state index contributed by atoms with van der Waals surface area (Å²) in [4.78, 5) is 22.5. The minimum Gasteiger partial charge on any atom is -0.480 e. The summed E-state index contributed by atoms with van der Waals surface area (Å²) in [5, 5.41) is 22.5. The van der Waals surface area contributed by atoms with Gasteiger partial charge in [-0.25, -0.2) is 9.59 Å². The maximum atomic E-state index is 11.7. The number of amides is 2. The first-order valence-electron chi connectivity index (χ1n) is 5.41. The predicted molar refractivity (Wildman–Crippen MR) is 79.4 cm³/mol. The first-order chi connectivity index (χ1) is 9.35. The van der Waals surface area contributed by atoms with Crippen LogP contribution in [0.4, 0.5) is 10.5 Å². The molecule has 1 atom stereocenters. The molecule has 9 heteroatoms. The third kappa shape index (κ3) is 4.82. The van der Waals surface area contributed by atoms with Gasteiger partial charge in [-0.2, -0.15) is 0 Å². The molecule has 0 bridgehead atoms. The van der Waals surface area contributed by atoms with E-state index in [1.54, 1.807) is 0 Å². The van der Waals surface area contributed by atoms with Crippen molar-refractivity contribution in [2.24, 2.45) is 0 Å². The Kier molecular flexibility index (Phi) is 6.54. The number of carbonyl (C=O) groups excluding carboxylic acids is 1. The van der Waals surface area contributed by atoms with E-state index in [0.29, 0.717) is 4.47 Å². The first-order valence-corrected chi connectivity index (χ1v) is 6.95. The Balaban J connectivity index is 2.78. The summed E-state index contributed by atoms with van der Waals surface area (Å²) in [6.45, 7) is -0.364. The lowest BCUT2D eigenvalue weighted by Gasteiger charge is -2.15. The van der Waals surface area contributed by atoms with E-state index in [9.17, 15) is 9.59 Å². The van der Waals surface area contributed by atoms with Gasteiger partial charge in [0, 0.05) is 17.5 Å². The van der Waals surface area contributed by atoms with Crippen molar-refractivity contribution in [2.45, 2.75) is 12.5 Å². The molecule has 6 nitrogen and oxygen atoms in total. The summed E-state index contributed by atoms with van der Waals surface area (Å²) < 4.78 is 0.641. The van der Waals surface area contributed by atoms with Crippen LogP contribution in [-0.4, -0.2) is 34.9 Å². The Hall–Kier alpha value is -1.02. The lowest BCUT2D eigenvalue weighted by molar-refractivity contribution is -0.139. The number of aliphatic hydroxyl groups excluding tert-OH is 1. The second kappa shape index (κ2) is 7.68. The van der Waals surface area contributed by atoms with Gasteiger partial charge in [-0.3, -0.25) is 0 Å². The van der Waals surface area contributed by atoms with E-state index in [4.69, 9.17) is 33.4 Å². The summed E-state index contributed by atoms with van der Waals surface area (Å²) in [5.41, 5.74) is 0.169. The lowest BCUT2D eigenvalue weighted by atomic mass is 10.2. The Bertz CT molecular complexity index is 504. The minimum atomic E-state index is -1.25. The average molecular weight is 386 g/mol. The predicted octanol–water partition coefficient (Wildman–Crippen LogP) is 2.71. The second-order valence-corrected chi connectivity index (χ2v) is 5.48. The van der Waals surface area contributed by atoms with E-state index in [1.807, 2.05) is 0 Å². The quantitative estimate of drug-likeness (QED) is 0.626. The van der Waals surface area contributed by atoms with E-state index in [0.717, 1.165) is 0 Å². The van der Waals surface area contributed by atoms with Gasteiger partial charge in [0.05, 0.1) is 15.7 Å². The average Bonchev–Trinajstić information content (AvgIpc) is 2.33. The number of carbonyl (C=O) groups is 2. The number of hydrogen-bond acceptors (Lipinski definition) is 3. The van der Waals surface area contributed by atoms with Gasteiger partial charge in [0.2, 0.25) is 0 Å². The molecule has 0 saturated carbocycles. The van der Waals surface area contributed by atoms with Gasteiger partial charge in [0.15, 0.2) is 0 Å². The maximum Gasteiger partial charge on any atom is 0.326 e. The fraction of sp³-hybridized carbons (Fsp3) is 0.273. The van der Waals surface area contributed by atoms with Crippen LogP contribution >= 0.6 is 39.1 Å². The largest absolute Gasteiger partial charge is 0.480 e. The SMILES string of the molecule is O=C(Nc1c(Cl)cc(Br)cc1Cl)N[C@@H](CCO)C(=O)O. The van der Waals surface area contributed by atoms with Crippen molar-refractivity contribution in [1.82, 2.24) is 5.32 Å². The summed E-state index contributed by atoms with van der Waals surface area (Å²) >= 11 is 15.0. The normalized spacial score (nSPS) is 11.8. The molecule has 1 rings (SSSR count). The number of halogens is 3. The zero-order valence-electron chi connectivity index (χ0n) is 9.99. The molecule has 20 heavy (non-hydrogen) atoms. The van der Waals surface area contributed by atoms with E-state index in [-0.39, 0.29) is 28.8 Å². The molecule has 0 aliphatic rings. The van der Waals surface area contributed by atoms with Crippen LogP contribution in [0.5, 0.6) is 0 Å². The Morgan fingerprint density at radius 3 is 2.30 bits per heavy atom. The van der Waals surface area contributed by atoms with Crippen molar-refractivity contribution >= 4 is 56.8 Å². The summed E-state index contributed by atoms with van der Waals surface area (Å²) in [5.74, 6) is -1.25. The Morgan fingerprint density at radius 1 is 1.30 bits per heavy atom. The number of carboxylic acids is 1. The van der Waals surface area contributed by atoms with Gasteiger partial charge in [0.25, 0.3) is 0 Å². The van der Waals surface area contributed by atoms with Crippen LogP contribution in [0, 0.1) is 0 Å². The lowest BCUT2D eigenvalue weighted by Crippen LogP contribution is -2.43. The Labute approximate surface area is 133 Å². The molecular formula is C11H11BrCl2N2O4. The molecule has 0 fully saturated rings. The van der Waals surface area contributed by atoms with E-state index >= 15 is 0 Å². The van der Waals surface area contributed by atoms with E-state index in [1.165, 1.54) is 12.1 Å². The summed E-state index contributed by atoms with van der Waals surface area (Å²) in [6, 6.07) is 1.08. The number of carboxylic acid groups (broad SMARTS) is 1. The highest BCUT2D eigenvalue weighted by Gasteiger charge is 2.20. The van der Waals surface area contributed by atoms with Crippen LogP contribution in [0.25, 0.3) is 0 Å². The van der Waals surface area contributed by atoms with E-state index < -0.39 is 18.0 Å². The number of hydrogen-bond donors (Lipinski definition) is 4. The summed E-state index contributed by atoms with van der Waals surface area (Å²) in [6.07, 6.45) is -0.107. The van der Waals surface area contributed by atoms with Gasteiger partial charge in [0.1, 0.15) is 6.04 Å². The van der Waals surface area contributed by atoms with Crippen LogP contribution in [-0.2, 0) is 4.79 Å². The van der Waals surface area contributed by atoms with Crippen LogP contribution < -0.4 is 10.6 Å². The standard InChI is InChI=1S/C11H11BrCl2N2O4/c12-5-3-6(13)9(7(14)4-5)16-11(20)15-8(1-2-17)10(18)19/h3-4,8,17H,1-2H2,(H,18,19)(H2,15,16,20)/t8-/m0/s1. The van der Waals surface area contributed by atoms with Gasteiger partial charge >= 0.3 is 12.0 Å². The third-order valence-electron chi connectivity index (χ3n) is 2.27. The zero-order chi connectivity index (χ0) is 15.3. The van der Waals surface area contributed by atoms with Gasteiger partial charge < -0.3 is 20.8 Å². The number of aliphatic carboxylic acids is 1. The molecular weight excluding hydrogens is 375 g/mol. The van der Waals surface area contributed by atoms with Crippen LogP contribution in [0.3, 0.4) is 0 Å². The molecule has 4 N–H and O–H groups in total. The van der Waals surface area contributed by atoms with Crippen molar-refractivity contribution in [3.63, 3.8) is 0 Å². The van der Waals surface area contributed by atoms with Gasteiger partial charge in [-0.05, 0) is 12.1 Å². The molecule has 0 aromatic heterocycles. The number of benzene rings is 1. The number of rotatable bonds is 5. The highest BCUT2D eigenvalue weighted by Crippen LogP contribution is 2.33.